The van der Waals surface area contributed by atoms with Crippen LogP contribution in [0.5, 0.6) is 5.75 Å². The molecular weight excluding hydrogens is 481 g/mol. The molecule has 0 spiro atoms. The van der Waals surface area contributed by atoms with Gasteiger partial charge in [-0.15, -0.1) is 0 Å². The van der Waals surface area contributed by atoms with Crippen molar-refractivity contribution in [2.24, 2.45) is 0 Å². The molecule has 0 amide bonds. The number of hydrogen-bond donors (Lipinski definition) is 2. The van der Waals surface area contributed by atoms with Crippen LogP contribution in [-0.2, 0) is 4.74 Å². The van der Waals surface area contributed by atoms with Gasteiger partial charge in [0.2, 0.25) is 0 Å². The summed E-state index contributed by atoms with van der Waals surface area (Å²) in [5.74, 6) is 2.38. The zero-order chi connectivity index (χ0) is 19.5. The minimum absolute atomic E-state index is 0.257. The van der Waals surface area contributed by atoms with E-state index in [9.17, 15) is 0 Å². The number of fused-ring (bicyclic) bond motifs is 2. The van der Waals surface area contributed by atoms with Gasteiger partial charge in [0.25, 0.3) is 0 Å². The summed E-state index contributed by atoms with van der Waals surface area (Å²) in [6, 6.07) is 8.44. The summed E-state index contributed by atoms with van der Waals surface area (Å²) < 4.78 is 15.4. The second kappa shape index (κ2) is 6.82. The van der Waals surface area contributed by atoms with Crippen molar-refractivity contribution >= 4 is 16.9 Å². The van der Waals surface area contributed by atoms with E-state index in [1.165, 1.54) is 22.1 Å². The molecule has 2 fully saturated rings. The number of methoxy groups -OCH3 is 1. The zero-order valence-electron chi connectivity index (χ0n) is 16.3. The van der Waals surface area contributed by atoms with Crippen molar-refractivity contribution in [2.75, 3.05) is 32.5 Å². The van der Waals surface area contributed by atoms with Gasteiger partial charge < -0.3 is 0 Å². The number of anilines is 1. The molecule has 3 aliphatic rings. The van der Waals surface area contributed by atoms with Gasteiger partial charge in [-0.3, -0.25) is 0 Å². The van der Waals surface area contributed by atoms with Crippen LogP contribution >= 0.6 is 0 Å². The fourth-order valence-corrected chi connectivity index (χ4v) is 7.45. The Balaban J connectivity index is 1.37. The fourth-order valence-electron chi connectivity index (χ4n) is 4.12. The Bertz CT molecular complexity index is 1090. The normalized spacial score (nSPS) is 22.6. The number of halogens is 1. The molecule has 3 aromatic rings. The second-order valence-corrected chi connectivity index (χ2v) is 11.2. The van der Waals surface area contributed by atoms with Gasteiger partial charge >= 0.3 is 180 Å². The third-order valence-corrected chi connectivity index (χ3v) is 9.67. The van der Waals surface area contributed by atoms with Crippen molar-refractivity contribution in [3.8, 4) is 11.4 Å². The molecule has 152 valence electrons. The minimum atomic E-state index is -0.257. The Morgan fingerprint density at radius 3 is 3.00 bits per heavy atom. The molecule has 1 saturated heterocycles. The molecule has 6 rings (SSSR count). The van der Waals surface area contributed by atoms with Gasteiger partial charge in [0.1, 0.15) is 0 Å². The number of rotatable bonds is 4. The Morgan fingerprint density at radius 2 is 2.21 bits per heavy atom. The van der Waals surface area contributed by atoms with Crippen LogP contribution in [0.25, 0.3) is 16.7 Å². The van der Waals surface area contributed by atoms with E-state index < -0.39 is 0 Å². The first-order valence-corrected chi connectivity index (χ1v) is 12.4. The molecule has 3 N–H and O–H groups in total. The van der Waals surface area contributed by atoms with E-state index in [1.54, 1.807) is 7.11 Å². The molecule has 1 atom stereocenters. The molecule has 7 nitrogen and oxygen atoms in total. The number of benzene rings is 1. The number of likely N-dealkylation sites (tertiary alicyclic amines) is 1. The number of H-pyrrole nitrogens is 1. The number of nitrogens with two attached hydrogens (primary N) is 1. The summed E-state index contributed by atoms with van der Waals surface area (Å²) in [7, 11) is 1.79. The van der Waals surface area contributed by atoms with Crippen molar-refractivity contribution < 1.29 is 35.2 Å². The predicted molar refractivity (Wildman–Crippen MR) is 104 cm³/mol. The quantitative estimate of drug-likeness (QED) is 0.198. The Labute approximate surface area is 179 Å². The SMILES string of the molecule is COC1CN([C@H]2COc3cccc(-[n+]4cnc5[nH]c(C6CC6)cc5c4N)c3[I-]2)C1. The van der Waals surface area contributed by atoms with E-state index in [4.69, 9.17) is 15.2 Å². The maximum atomic E-state index is 6.63. The van der Waals surface area contributed by atoms with Crippen LogP contribution in [0.4, 0.5) is 5.82 Å². The standard InChI is InChI=1S/C21H23IN5O2/c1-28-13-8-26(9-13)18-10-29-17-4-2-3-16(19(17)22-18)27-11-24-21-14(20(27)23)7-15(25-21)12-5-6-12/h2-4,7,11-13,18H,5-6,8-10H2,1H3,(H2,23,25)/q-1/p+1/t18-/m0/s1. The van der Waals surface area contributed by atoms with Crippen LogP contribution in [0.15, 0.2) is 30.6 Å². The topological polar surface area (TPSA) is 80.3 Å². The first kappa shape index (κ1) is 17.9. The van der Waals surface area contributed by atoms with Gasteiger partial charge in [-0.1, -0.05) is 0 Å². The second-order valence-electron chi connectivity index (χ2n) is 8.02. The first-order chi connectivity index (χ1) is 14.2. The number of nitrogens with one attached hydrogen (secondary N) is 1. The molecule has 1 saturated carbocycles. The molecular formula is C21H24IN5O2. The molecule has 2 aromatic heterocycles. The Kier molecular flexibility index (Phi) is 4.21. The third-order valence-electron chi connectivity index (χ3n) is 6.09. The van der Waals surface area contributed by atoms with Crippen molar-refractivity contribution in [3.63, 3.8) is 0 Å². The van der Waals surface area contributed by atoms with E-state index in [-0.39, 0.29) is 21.2 Å². The summed E-state index contributed by atoms with van der Waals surface area (Å²) in [5.41, 5.74) is 9.87. The van der Waals surface area contributed by atoms with E-state index in [0.717, 1.165) is 48.0 Å². The molecule has 2 aliphatic heterocycles. The number of alkyl halides is 1. The van der Waals surface area contributed by atoms with Crippen LogP contribution in [0.2, 0.25) is 0 Å². The molecule has 0 bridgehead atoms. The van der Waals surface area contributed by atoms with Crippen molar-refractivity contribution in [2.45, 2.75) is 28.9 Å². The summed E-state index contributed by atoms with van der Waals surface area (Å²) in [6.07, 6.45) is 4.71. The maximum absolute atomic E-state index is 6.63. The summed E-state index contributed by atoms with van der Waals surface area (Å²) in [5, 5.41) is 1.00. The van der Waals surface area contributed by atoms with Crippen molar-refractivity contribution in [1.29, 1.82) is 0 Å². The van der Waals surface area contributed by atoms with Crippen LogP contribution in [0.3, 0.4) is 0 Å². The Morgan fingerprint density at radius 1 is 1.34 bits per heavy atom. The number of hydrogen-bond acceptors (Lipinski definition) is 5. The summed E-state index contributed by atoms with van der Waals surface area (Å²) >= 11 is -0.257. The summed E-state index contributed by atoms with van der Waals surface area (Å²) in [6.45, 7) is 2.76. The number of nitrogens with zero attached hydrogens (tertiary/aromatic N) is 3. The van der Waals surface area contributed by atoms with Crippen molar-refractivity contribution in [3.05, 3.63) is 39.9 Å². The van der Waals surface area contributed by atoms with Gasteiger partial charge in [0.05, 0.1) is 0 Å². The van der Waals surface area contributed by atoms with Gasteiger partial charge in [0.15, 0.2) is 0 Å². The average molecular weight is 505 g/mol. The van der Waals surface area contributed by atoms with Gasteiger partial charge in [-0.25, -0.2) is 0 Å². The van der Waals surface area contributed by atoms with E-state index in [2.05, 4.69) is 33.1 Å². The molecule has 0 radical (unpaired) electrons. The molecule has 4 heterocycles. The van der Waals surface area contributed by atoms with E-state index in [1.807, 2.05) is 17.0 Å². The average Bonchev–Trinajstić information content (AvgIpc) is 3.46. The third kappa shape index (κ3) is 3.00. The number of aromatic amines is 1. The van der Waals surface area contributed by atoms with Crippen molar-refractivity contribution in [1.82, 2.24) is 14.9 Å². The zero-order valence-corrected chi connectivity index (χ0v) is 18.4. The predicted octanol–water partition coefficient (Wildman–Crippen LogP) is -1.39. The van der Waals surface area contributed by atoms with Gasteiger partial charge in [-0.05, 0) is 0 Å². The summed E-state index contributed by atoms with van der Waals surface area (Å²) in [4.78, 5) is 10.6. The number of nitrogen functional groups attached to an aromatic ring is 1. The monoisotopic (exact) mass is 505 g/mol. The fraction of sp³-hybridized carbons (Fsp3) is 0.429. The molecule has 8 heteroatoms. The van der Waals surface area contributed by atoms with Crippen LogP contribution < -0.4 is 36.2 Å². The van der Waals surface area contributed by atoms with Crippen LogP contribution in [-0.4, -0.2) is 51.8 Å². The van der Waals surface area contributed by atoms with E-state index in [0.29, 0.717) is 16.1 Å². The first-order valence-electron chi connectivity index (χ1n) is 10.1. The van der Waals surface area contributed by atoms with Crippen LogP contribution in [0, 0.1) is 3.57 Å². The Hall–Kier alpha value is -1.91. The molecule has 1 aliphatic carbocycles. The van der Waals surface area contributed by atoms with Crippen LogP contribution in [0.1, 0.15) is 24.5 Å². The molecule has 1 aromatic carbocycles. The number of aromatic nitrogens is 3. The van der Waals surface area contributed by atoms with E-state index >= 15 is 0 Å². The molecule has 29 heavy (non-hydrogen) atoms. The van der Waals surface area contributed by atoms with Gasteiger partial charge in [-0.2, -0.15) is 0 Å². The number of ether oxygens (including phenoxy) is 2. The molecule has 0 unspecified atom stereocenters. The van der Waals surface area contributed by atoms with Gasteiger partial charge in [0, 0.05) is 0 Å².